The number of H-pyrrole nitrogens is 1. The molecule has 43 heavy (non-hydrogen) atoms. The van der Waals surface area contributed by atoms with E-state index >= 15 is 0 Å². The molecule has 0 fully saturated rings. The second-order valence-corrected chi connectivity index (χ2v) is 12.4. The standard InChI is InChI=1S/C36H44N4O3/c1-7-35(3,4)27-17-20-31(29(22-27)36(5,6)8-2)43-21-9-10-32(41)39-28-18-15-24(16-19-28)30-23-38-34(40-30)26-13-11-25(12-14-26)33(37)42/h11-20,22-23H,7-10,21H2,1-6H3,(H2,37,42)(H,38,40)(H,39,41). The fraction of sp³-hybridized carbons (Fsp3) is 0.361. The molecule has 7 nitrogen and oxygen atoms in total. The highest BCUT2D eigenvalue weighted by Crippen LogP contribution is 2.38. The molecule has 7 heteroatoms. The number of nitrogens with zero attached hydrogens (tertiary/aromatic N) is 1. The predicted octanol–water partition coefficient (Wildman–Crippen LogP) is 8.02. The third kappa shape index (κ3) is 7.72. The number of hydrogen-bond donors (Lipinski definition) is 3. The summed E-state index contributed by atoms with van der Waals surface area (Å²) in [6, 6.07) is 21.2. The van der Waals surface area contributed by atoms with Crippen LogP contribution in [0.3, 0.4) is 0 Å². The number of aromatic amines is 1. The monoisotopic (exact) mass is 580 g/mol. The average Bonchev–Trinajstić information content (AvgIpc) is 3.50. The van der Waals surface area contributed by atoms with E-state index in [1.54, 1.807) is 30.5 Å². The Morgan fingerprint density at radius 3 is 2.16 bits per heavy atom. The summed E-state index contributed by atoms with van der Waals surface area (Å²) in [5.74, 6) is 1.09. The van der Waals surface area contributed by atoms with E-state index < -0.39 is 5.91 Å². The molecule has 2 amide bonds. The number of aromatic nitrogens is 2. The highest BCUT2D eigenvalue weighted by atomic mass is 16.5. The number of imidazole rings is 1. The Morgan fingerprint density at radius 1 is 0.884 bits per heavy atom. The van der Waals surface area contributed by atoms with Gasteiger partial charge in [0.15, 0.2) is 0 Å². The van der Waals surface area contributed by atoms with Crippen molar-refractivity contribution in [2.24, 2.45) is 5.73 Å². The van der Waals surface area contributed by atoms with Crippen LogP contribution in [0.4, 0.5) is 5.69 Å². The summed E-state index contributed by atoms with van der Waals surface area (Å²) >= 11 is 0. The van der Waals surface area contributed by atoms with Crippen molar-refractivity contribution in [2.45, 2.75) is 78.1 Å². The van der Waals surface area contributed by atoms with Gasteiger partial charge in [0.05, 0.1) is 18.5 Å². The van der Waals surface area contributed by atoms with E-state index in [4.69, 9.17) is 10.5 Å². The van der Waals surface area contributed by atoms with Crippen LogP contribution >= 0.6 is 0 Å². The van der Waals surface area contributed by atoms with E-state index in [1.807, 2.05) is 24.3 Å². The zero-order valence-electron chi connectivity index (χ0n) is 26.2. The Labute approximate surface area is 255 Å². The SMILES string of the molecule is CCC(C)(C)c1ccc(OCCCC(=O)Nc2ccc(-c3cnc(-c4ccc(C(N)=O)cc4)[nH]3)cc2)c(C(C)(C)CC)c1. The Morgan fingerprint density at radius 2 is 1.53 bits per heavy atom. The van der Waals surface area contributed by atoms with Crippen molar-refractivity contribution in [3.63, 3.8) is 0 Å². The first-order valence-corrected chi connectivity index (χ1v) is 15.1. The molecule has 4 aromatic rings. The first-order valence-electron chi connectivity index (χ1n) is 15.1. The largest absolute Gasteiger partial charge is 0.493 e. The quantitative estimate of drug-likeness (QED) is 0.139. The van der Waals surface area contributed by atoms with E-state index in [-0.39, 0.29) is 16.7 Å². The van der Waals surface area contributed by atoms with Gasteiger partial charge in [0.2, 0.25) is 11.8 Å². The number of rotatable bonds is 13. The molecule has 0 aliphatic carbocycles. The molecule has 0 atom stereocenters. The molecule has 1 aromatic heterocycles. The molecule has 226 valence electrons. The molecular weight excluding hydrogens is 536 g/mol. The number of ether oxygens (including phenoxy) is 1. The van der Waals surface area contributed by atoms with Gasteiger partial charge in [-0.3, -0.25) is 9.59 Å². The van der Waals surface area contributed by atoms with Crippen molar-refractivity contribution in [3.05, 3.63) is 89.6 Å². The van der Waals surface area contributed by atoms with Gasteiger partial charge in [-0.25, -0.2) is 4.98 Å². The molecule has 0 bridgehead atoms. The number of hydrogen-bond acceptors (Lipinski definition) is 4. The number of benzene rings is 3. The molecule has 0 aliphatic rings. The summed E-state index contributed by atoms with van der Waals surface area (Å²) in [7, 11) is 0. The van der Waals surface area contributed by atoms with Crippen LogP contribution < -0.4 is 15.8 Å². The van der Waals surface area contributed by atoms with Gasteiger partial charge in [-0.1, -0.05) is 77.9 Å². The number of carbonyl (C=O) groups excluding carboxylic acids is 2. The number of nitrogens with two attached hydrogens (primary N) is 1. The van der Waals surface area contributed by atoms with Gasteiger partial charge in [-0.15, -0.1) is 0 Å². The lowest BCUT2D eigenvalue weighted by atomic mass is 9.76. The van der Waals surface area contributed by atoms with E-state index in [0.29, 0.717) is 30.8 Å². The summed E-state index contributed by atoms with van der Waals surface area (Å²) < 4.78 is 6.23. The van der Waals surface area contributed by atoms with Crippen molar-refractivity contribution in [3.8, 4) is 28.4 Å². The van der Waals surface area contributed by atoms with Crippen LogP contribution in [0.25, 0.3) is 22.6 Å². The van der Waals surface area contributed by atoms with E-state index in [1.165, 1.54) is 11.1 Å². The average molecular weight is 581 g/mol. The molecule has 0 unspecified atom stereocenters. The molecule has 0 radical (unpaired) electrons. The number of nitrogens with one attached hydrogen (secondary N) is 2. The van der Waals surface area contributed by atoms with Crippen LogP contribution in [-0.4, -0.2) is 28.4 Å². The van der Waals surface area contributed by atoms with Crippen LogP contribution in [0.15, 0.2) is 72.9 Å². The molecule has 1 heterocycles. The van der Waals surface area contributed by atoms with Crippen LogP contribution in [0, 0.1) is 0 Å². The molecule has 0 spiro atoms. The highest BCUT2D eigenvalue weighted by Gasteiger charge is 2.26. The minimum atomic E-state index is -0.463. The molecule has 4 N–H and O–H groups in total. The topological polar surface area (TPSA) is 110 Å². The van der Waals surface area contributed by atoms with Crippen LogP contribution in [0.5, 0.6) is 5.75 Å². The second-order valence-electron chi connectivity index (χ2n) is 12.4. The van der Waals surface area contributed by atoms with E-state index in [0.717, 1.165) is 41.1 Å². The predicted molar refractivity (Wildman–Crippen MR) is 174 cm³/mol. The lowest BCUT2D eigenvalue weighted by Gasteiger charge is -2.30. The Balaban J connectivity index is 1.30. The van der Waals surface area contributed by atoms with Gasteiger partial charge in [-0.05, 0) is 71.6 Å². The summed E-state index contributed by atoms with van der Waals surface area (Å²) in [6.07, 6.45) is 4.82. The molecule has 3 aromatic carbocycles. The van der Waals surface area contributed by atoms with Gasteiger partial charge in [0.1, 0.15) is 11.6 Å². The number of amides is 2. The lowest BCUT2D eigenvalue weighted by Crippen LogP contribution is -2.21. The van der Waals surface area contributed by atoms with Crippen molar-refractivity contribution in [1.29, 1.82) is 0 Å². The summed E-state index contributed by atoms with van der Waals surface area (Å²) in [5.41, 5.74) is 11.8. The van der Waals surface area contributed by atoms with Gasteiger partial charge in [0, 0.05) is 28.8 Å². The Bertz CT molecular complexity index is 1550. The smallest absolute Gasteiger partial charge is 0.248 e. The van der Waals surface area contributed by atoms with E-state index in [2.05, 4.69) is 75.0 Å². The van der Waals surface area contributed by atoms with Crippen molar-refractivity contribution in [2.75, 3.05) is 11.9 Å². The minimum Gasteiger partial charge on any atom is -0.493 e. The van der Waals surface area contributed by atoms with Crippen LogP contribution in [0.1, 0.15) is 88.7 Å². The Hall–Kier alpha value is -4.39. The second kappa shape index (κ2) is 13.3. The van der Waals surface area contributed by atoms with Gasteiger partial charge in [0.25, 0.3) is 0 Å². The number of anilines is 1. The Kier molecular flexibility index (Phi) is 9.74. The highest BCUT2D eigenvalue weighted by molar-refractivity contribution is 5.93. The van der Waals surface area contributed by atoms with Gasteiger partial charge < -0.3 is 20.8 Å². The summed E-state index contributed by atoms with van der Waals surface area (Å²) in [6.45, 7) is 14.0. The molecule has 0 aliphatic heterocycles. The first kappa shape index (κ1) is 31.5. The molecule has 0 saturated heterocycles. The normalized spacial score (nSPS) is 11.8. The van der Waals surface area contributed by atoms with Crippen LogP contribution in [0.2, 0.25) is 0 Å². The summed E-state index contributed by atoms with van der Waals surface area (Å²) in [4.78, 5) is 31.7. The fourth-order valence-electron chi connectivity index (χ4n) is 4.78. The van der Waals surface area contributed by atoms with E-state index in [9.17, 15) is 9.59 Å². The maximum Gasteiger partial charge on any atom is 0.248 e. The lowest BCUT2D eigenvalue weighted by molar-refractivity contribution is -0.116. The van der Waals surface area contributed by atoms with Gasteiger partial charge >= 0.3 is 0 Å². The van der Waals surface area contributed by atoms with Crippen molar-refractivity contribution < 1.29 is 14.3 Å². The maximum atomic E-state index is 12.7. The maximum absolute atomic E-state index is 12.7. The third-order valence-corrected chi connectivity index (χ3v) is 8.56. The summed E-state index contributed by atoms with van der Waals surface area (Å²) in [5, 5.41) is 2.98. The molecule has 0 saturated carbocycles. The number of carbonyl (C=O) groups is 2. The number of primary amides is 1. The molecule has 4 rings (SSSR count). The van der Waals surface area contributed by atoms with Crippen LogP contribution in [-0.2, 0) is 15.6 Å². The van der Waals surface area contributed by atoms with Gasteiger partial charge in [-0.2, -0.15) is 0 Å². The van der Waals surface area contributed by atoms with Crippen molar-refractivity contribution >= 4 is 17.5 Å². The zero-order valence-corrected chi connectivity index (χ0v) is 26.2. The third-order valence-electron chi connectivity index (χ3n) is 8.56. The van der Waals surface area contributed by atoms with Crippen molar-refractivity contribution in [1.82, 2.24) is 9.97 Å². The minimum absolute atomic E-state index is 0.00576. The fourth-order valence-corrected chi connectivity index (χ4v) is 4.78. The first-order chi connectivity index (χ1) is 20.4. The molecular formula is C36H44N4O3. The zero-order chi connectivity index (χ0) is 31.2.